The maximum Gasteiger partial charge on any atom is 0.135 e. The fraction of sp³-hybridized carbons (Fsp3) is 0.800. The van der Waals surface area contributed by atoms with Gasteiger partial charge in [-0.05, 0) is 6.42 Å². The van der Waals surface area contributed by atoms with Crippen molar-refractivity contribution in [2.24, 2.45) is 5.92 Å². The fourth-order valence-corrected chi connectivity index (χ4v) is 1.06. The van der Waals surface area contributed by atoms with Crippen LogP contribution < -0.4 is 0 Å². The molecule has 12 heavy (non-hydrogen) atoms. The zero-order valence-electron chi connectivity index (χ0n) is 8.22. The molecule has 0 aliphatic carbocycles. The Labute approximate surface area is 74.3 Å². The number of hydrogen-bond donors (Lipinski definition) is 0. The highest BCUT2D eigenvalue weighted by Gasteiger charge is 2.11. The minimum Gasteiger partial charge on any atom is -0.300 e. The number of ketones is 2. The van der Waals surface area contributed by atoms with E-state index < -0.39 is 0 Å². The Balaban J connectivity index is 3.63. The summed E-state index contributed by atoms with van der Waals surface area (Å²) in [4.78, 5) is 22.0. The van der Waals surface area contributed by atoms with E-state index in [1.165, 1.54) is 0 Å². The van der Waals surface area contributed by atoms with E-state index in [0.717, 1.165) is 6.42 Å². The smallest absolute Gasteiger partial charge is 0.135 e. The molecule has 0 aromatic carbocycles. The van der Waals surface area contributed by atoms with Crippen LogP contribution in [0.2, 0.25) is 0 Å². The SMILES string of the molecule is CCC(=O)CCC(C)C(=O)CC. The molecule has 1 atom stereocenters. The Hall–Kier alpha value is -0.660. The van der Waals surface area contributed by atoms with Crippen LogP contribution in [0.3, 0.4) is 0 Å². The van der Waals surface area contributed by atoms with E-state index in [-0.39, 0.29) is 17.5 Å². The average molecular weight is 170 g/mol. The van der Waals surface area contributed by atoms with Crippen LogP contribution in [0.4, 0.5) is 0 Å². The Morgan fingerprint density at radius 3 is 2.17 bits per heavy atom. The summed E-state index contributed by atoms with van der Waals surface area (Å²) < 4.78 is 0. The van der Waals surface area contributed by atoms with Gasteiger partial charge in [0.05, 0.1) is 0 Å². The van der Waals surface area contributed by atoms with Gasteiger partial charge in [-0.3, -0.25) is 9.59 Å². The topological polar surface area (TPSA) is 34.1 Å². The molecule has 0 saturated carbocycles. The summed E-state index contributed by atoms with van der Waals surface area (Å²) in [6.07, 6.45) is 2.46. The third-order valence-corrected chi connectivity index (χ3v) is 2.15. The molecule has 0 radical (unpaired) electrons. The highest BCUT2D eigenvalue weighted by atomic mass is 16.1. The third kappa shape index (κ3) is 4.27. The van der Waals surface area contributed by atoms with E-state index in [0.29, 0.717) is 19.3 Å². The molecule has 0 bridgehead atoms. The van der Waals surface area contributed by atoms with Gasteiger partial charge in [0.2, 0.25) is 0 Å². The van der Waals surface area contributed by atoms with Gasteiger partial charge in [-0.15, -0.1) is 0 Å². The van der Waals surface area contributed by atoms with Gasteiger partial charge in [0.1, 0.15) is 11.6 Å². The Morgan fingerprint density at radius 2 is 1.75 bits per heavy atom. The van der Waals surface area contributed by atoms with Crippen molar-refractivity contribution in [2.45, 2.75) is 46.5 Å². The lowest BCUT2D eigenvalue weighted by molar-refractivity contribution is -0.123. The third-order valence-electron chi connectivity index (χ3n) is 2.15. The van der Waals surface area contributed by atoms with Crippen LogP contribution in [-0.4, -0.2) is 11.6 Å². The molecule has 0 rings (SSSR count). The number of rotatable bonds is 6. The second kappa shape index (κ2) is 5.92. The molecule has 0 heterocycles. The van der Waals surface area contributed by atoms with Crippen molar-refractivity contribution in [3.05, 3.63) is 0 Å². The highest BCUT2D eigenvalue weighted by molar-refractivity contribution is 5.82. The molecule has 0 aliphatic heterocycles. The van der Waals surface area contributed by atoms with Crippen LogP contribution in [0.15, 0.2) is 0 Å². The summed E-state index contributed by atoms with van der Waals surface area (Å²) in [5.41, 5.74) is 0. The van der Waals surface area contributed by atoms with Crippen LogP contribution in [0.25, 0.3) is 0 Å². The molecular weight excluding hydrogens is 152 g/mol. The Morgan fingerprint density at radius 1 is 1.17 bits per heavy atom. The van der Waals surface area contributed by atoms with Crippen molar-refractivity contribution in [1.29, 1.82) is 0 Å². The first kappa shape index (κ1) is 11.3. The minimum absolute atomic E-state index is 0.0606. The summed E-state index contributed by atoms with van der Waals surface area (Å²) in [7, 11) is 0. The van der Waals surface area contributed by atoms with Crippen LogP contribution in [0.1, 0.15) is 46.5 Å². The molecule has 0 spiro atoms. The van der Waals surface area contributed by atoms with Gasteiger partial charge in [-0.25, -0.2) is 0 Å². The van der Waals surface area contributed by atoms with E-state index in [1.807, 2.05) is 20.8 Å². The van der Waals surface area contributed by atoms with Gasteiger partial charge < -0.3 is 0 Å². The molecule has 0 N–H and O–H groups in total. The molecule has 0 fully saturated rings. The molecule has 2 nitrogen and oxygen atoms in total. The first-order chi connectivity index (χ1) is 5.61. The monoisotopic (exact) mass is 170 g/mol. The fourth-order valence-electron chi connectivity index (χ4n) is 1.06. The maximum absolute atomic E-state index is 11.1. The summed E-state index contributed by atoms with van der Waals surface area (Å²) in [5, 5.41) is 0. The van der Waals surface area contributed by atoms with Crippen molar-refractivity contribution < 1.29 is 9.59 Å². The molecular formula is C10H18O2. The zero-order valence-corrected chi connectivity index (χ0v) is 8.22. The number of hydrogen-bond acceptors (Lipinski definition) is 2. The minimum atomic E-state index is 0.0606. The highest BCUT2D eigenvalue weighted by Crippen LogP contribution is 2.09. The number of Topliss-reactive ketones (excluding diaryl/α,β-unsaturated/α-hetero) is 2. The molecule has 2 heteroatoms. The van der Waals surface area contributed by atoms with E-state index >= 15 is 0 Å². The molecule has 0 aromatic rings. The van der Waals surface area contributed by atoms with Gasteiger partial charge in [0, 0.05) is 25.2 Å². The average Bonchev–Trinajstić information content (AvgIpc) is 2.11. The quantitative estimate of drug-likeness (QED) is 0.613. The van der Waals surface area contributed by atoms with Gasteiger partial charge in [0.15, 0.2) is 0 Å². The lowest BCUT2D eigenvalue weighted by Gasteiger charge is -2.06. The first-order valence-electron chi connectivity index (χ1n) is 4.66. The van der Waals surface area contributed by atoms with Crippen LogP contribution in [0, 0.1) is 5.92 Å². The molecule has 1 unspecified atom stereocenters. The largest absolute Gasteiger partial charge is 0.300 e. The first-order valence-corrected chi connectivity index (χ1v) is 4.66. The summed E-state index contributed by atoms with van der Waals surface area (Å²) in [6, 6.07) is 0. The van der Waals surface area contributed by atoms with Crippen molar-refractivity contribution in [3.8, 4) is 0 Å². The van der Waals surface area contributed by atoms with Crippen molar-refractivity contribution >= 4 is 11.6 Å². The normalized spacial score (nSPS) is 12.6. The Kier molecular flexibility index (Phi) is 5.60. The lowest BCUT2D eigenvalue weighted by atomic mass is 9.97. The van der Waals surface area contributed by atoms with E-state index in [1.54, 1.807) is 0 Å². The molecule has 0 amide bonds. The van der Waals surface area contributed by atoms with Crippen LogP contribution >= 0.6 is 0 Å². The molecule has 0 aliphatic rings. The van der Waals surface area contributed by atoms with Crippen molar-refractivity contribution in [3.63, 3.8) is 0 Å². The molecule has 70 valence electrons. The van der Waals surface area contributed by atoms with Crippen LogP contribution in [0.5, 0.6) is 0 Å². The zero-order chi connectivity index (χ0) is 9.56. The van der Waals surface area contributed by atoms with E-state index in [9.17, 15) is 9.59 Å². The molecule has 0 aromatic heterocycles. The molecule has 0 saturated heterocycles. The Bertz CT molecular complexity index is 161. The maximum atomic E-state index is 11.1. The number of carbonyl (C=O) groups excluding carboxylic acids is 2. The van der Waals surface area contributed by atoms with Crippen LogP contribution in [-0.2, 0) is 9.59 Å². The van der Waals surface area contributed by atoms with E-state index in [2.05, 4.69) is 0 Å². The van der Waals surface area contributed by atoms with Gasteiger partial charge in [-0.1, -0.05) is 20.8 Å². The summed E-state index contributed by atoms with van der Waals surface area (Å²) >= 11 is 0. The van der Waals surface area contributed by atoms with Gasteiger partial charge in [0.25, 0.3) is 0 Å². The second-order valence-electron chi connectivity index (χ2n) is 3.15. The van der Waals surface area contributed by atoms with Gasteiger partial charge >= 0.3 is 0 Å². The number of carbonyl (C=O) groups is 2. The predicted octanol–water partition coefficient (Wildman–Crippen LogP) is 2.36. The lowest BCUT2D eigenvalue weighted by Crippen LogP contribution is -2.11. The second-order valence-corrected chi connectivity index (χ2v) is 3.15. The van der Waals surface area contributed by atoms with Crippen molar-refractivity contribution in [1.82, 2.24) is 0 Å². The standard InChI is InChI=1S/C10H18O2/c1-4-9(11)7-6-8(3)10(12)5-2/h8H,4-7H2,1-3H3. The van der Waals surface area contributed by atoms with E-state index in [4.69, 9.17) is 0 Å². The van der Waals surface area contributed by atoms with Gasteiger partial charge in [-0.2, -0.15) is 0 Å². The van der Waals surface area contributed by atoms with Crippen molar-refractivity contribution in [2.75, 3.05) is 0 Å². The predicted molar refractivity (Wildman–Crippen MR) is 49.0 cm³/mol. The summed E-state index contributed by atoms with van der Waals surface area (Å²) in [5.74, 6) is 0.579. The summed E-state index contributed by atoms with van der Waals surface area (Å²) in [6.45, 7) is 5.61.